The maximum absolute atomic E-state index is 13.8. The van der Waals surface area contributed by atoms with Gasteiger partial charge in [-0.3, -0.25) is 4.98 Å². The van der Waals surface area contributed by atoms with Crippen LogP contribution >= 0.6 is 12.2 Å². The second kappa shape index (κ2) is 9.15. The van der Waals surface area contributed by atoms with Crippen molar-refractivity contribution in [3.8, 4) is 5.69 Å². The average Bonchev–Trinajstić information content (AvgIpc) is 3.27. The summed E-state index contributed by atoms with van der Waals surface area (Å²) in [5.74, 6) is 0. The number of nitrogens with zero attached hydrogens (tertiary/aromatic N) is 3. The summed E-state index contributed by atoms with van der Waals surface area (Å²) >= 11 is 5.60. The molecule has 33 heavy (non-hydrogen) atoms. The number of aromatic nitrogens is 2. The maximum Gasteiger partial charge on any atom is 0.418 e. The van der Waals surface area contributed by atoms with E-state index in [0.717, 1.165) is 17.3 Å². The van der Waals surface area contributed by atoms with Crippen LogP contribution in [-0.4, -0.2) is 37.8 Å². The van der Waals surface area contributed by atoms with Gasteiger partial charge in [-0.2, -0.15) is 13.2 Å². The molecule has 3 aromatic rings. The lowest BCUT2D eigenvalue weighted by Crippen LogP contribution is -2.31. The number of alkyl halides is 3. The first-order valence-electron chi connectivity index (χ1n) is 10.7. The molecule has 174 valence electrons. The van der Waals surface area contributed by atoms with Crippen LogP contribution in [0.3, 0.4) is 0 Å². The number of hydrogen-bond acceptors (Lipinski definition) is 3. The summed E-state index contributed by atoms with van der Waals surface area (Å²) in [7, 11) is 0. The molecule has 0 spiro atoms. The van der Waals surface area contributed by atoms with Gasteiger partial charge in [0.05, 0.1) is 29.0 Å². The lowest BCUT2D eigenvalue weighted by Gasteiger charge is -2.28. The molecule has 1 fully saturated rings. The topological polar surface area (TPSA) is 53.3 Å². The van der Waals surface area contributed by atoms with Gasteiger partial charge in [-0.15, -0.1) is 0 Å². The lowest BCUT2D eigenvalue weighted by molar-refractivity contribution is -0.137. The molecule has 0 unspecified atom stereocenters. The first-order valence-corrected chi connectivity index (χ1v) is 11.1. The van der Waals surface area contributed by atoms with Crippen molar-refractivity contribution in [3.05, 3.63) is 82.9 Å². The van der Waals surface area contributed by atoms with Gasteiger partial charge < -0.3 is 19.9 Å². The van der Waals surface area contributed by atoms with Gasteiger partial charge in [-0.1, -0.05) is 18.2 Å². The minimum absolute atomic E-state index is 0.0120. The fourth-order valence-corrected chi connectivity index (χ4v) is 4.92. The van der Waals surface area contributed by atoms with Crippen LogP contribution in [0.1, 0.15) is 46.7 Å². The highest BCUT2D eigenvalue weighted by Gasteiger charge is 2.41. The predicted molar refractivity (Wildman–Crippen MR) is 124 cm³/mol. The van der Waals surface area contributed by atoms with Crippen molar-refractivity contribution in [1.82, 2.24) is 19.8 Å². The van der Waals surface area contributed by atoms with Crippen molar-refractivity contribution < 1.29 is 18.3 Å². The van der Waals surface area contributed by atoms with E-state index in [1.54, 1.807) is 23.8 Å². The summed E-state index contributed by atoms with van der Waals surface area (Å²) in [6.45, 7) is 4.16. The molecule has 1 aliphatic heterocycles. The smallest absolute Gasteiger partial charge is 0.396 e. The normalized spacial score (nSPS) is 18.6. The molecule has 0 aliphatic carbocycles. The van der Waals surface area contributed by atoms with Gasteiger partial charge in [0.2, 0.25) is 0 Å². The Kier molecular flexibility index (Phi) is 6.45. The van der Waals surface area contributed by atoms with E-state index in [0.29, 0.717) is 29.5 Å². The summed E-state index contributed by atoms with van der Waals surface area (Å²) in [5.41, 5.74) is 2.46. The van der Waals surface area contributed by atoms with Crippen LogP contribution in [0.5, 0.6) is 0 Å². The second-order valence-electron chi connectivity index (χ2n) is 8.07. The largest absolute Gasteiger partial charge is 0.418 e. The summed E-state index contributed by atoms with van der Waals surface area (Å²) in [5, 5.41) is 13.3. The van der Waals surface area contributed by atoms with Crippen molar-refractivity contribution >= 4 is 17.3 Å². The zero-order chi connectivity index (χ0) is 23.8. The third kappa shape index (κ3) is 4.35. The second-order valence-corrected chi connectivity index (χ2v) is 8.46. The van der Waals surface area contributed by atoms with Crippen molar-refractivity contribution in [3.63, 3.8) is 0 Å². The number of benzene rings is 1. The molecule has 0 amide bonds. The summed E-state index contributed by atoms with van der Waals surface area (Å²) in [6.07, 6.45) is -2.25. The SMILES string of the molecule is Cc1cc([C@@H]2[C@@H](c3ccccn3)NC(=S)N2CCCO)c(C)n1-c1ccccc1C(F)(F)F. The van der Waals surface area contributed by atoms with Gasteiger partial charge in [0.15, 0.2) is 5.11 Å². The van der Waals surface area contributed by atoms with E-state index in [9.17, 15) is 18.3 Å². The Labute approximate surface area is 195 Å². The molecule has 4 rings (SSSR count). The Morgan fingerprint density at radius 3 is 2.52 bits per heavy atom. The highest BCUT2D eigenvalue weighted by atomic mass is 32.1. The van der Waals surface area contributed by atoms with E-state index in [1.807, 2.05) is 36.1 Å². The fraction of sp³-hybridized carbons (Fsp3) is 0.333. The summed E-state index contributed by atoms with van der Waals surface area (Å²) in [4.78, 5) is 6.49. The van der Waals surface area contributed by atoms with E-state index in [-0.39, 0.29) is 24.4 Å². The van der Waals surface area contributed by atoms with Crippen molar-refractivity contribution in [2.75, 3.05) is 13.2 Å². The fourth-order valence-electron chi connectivity index (χ4n) is 4.59. The maximum atomic E-state index is 13.8. The number of aryl methyl sites for hydroxylation is 1. The first kappa shape index (κ1) is 23.3. The zero-order valence-corrected chi connectivity index (χ0v) is 19.1. The molecule has 2 atom stereocenters. The average molecular weight is 475 g/mol. The number of aliphatic hydroxyl groups is 1. The van der Waals surface area contributed by atoms with Gasteiger partial charge in [0.25, 0.3) is 0 Å². The highest BCUT2D eigenvalue weighted by Crippen LogP contribution is 2.42. The van der Waals surface area contributed by atoms with E-state index in [4.69, 9.17) is 12.2 Å². The first-order chi connectivity index (χ1) is 15.7. The molecule has 0 radical (unpaired) electrons. The number of thiocarbonyl (C=S) groups is 1. The van der Waals surface area contributed by atoms with Crippen LogP contribution in [0.4, 0.5) is 13.2 Å². The number of pyridine rings is 1. The number of nitrogens with one attached hydrogen (secondary N) is 1. The molecular formula is C24H25F3N4OS. The Balaban J connectivity index is 1.86. The van der Waals surface area contributed by atoms with E-state index in [1.165, 1.54) is 12.1 Å². The minimum Gasteiger partial charge on any atom is -0.396 e. The van der Waals surface area contributed by atoms with Gasteiger partial charge in [0, 0.05) is 30.7 Å². The number of para-hydroxylation sites is 1. The molecule has 9 heteroatoms. The third-order valence-corrected chi connectivity index (χ3v) is 6.35. The van der Waals surface area contributed by atoms with Crippen LogP contribution in [0.2, 0.25) is 0 Å². The van der Waals surface area contributed by atoms with Gasteiger partial charge in [0.1, 0.15) is 0 Å². The van der Waals surface area contributed by atoms with Crippen LogP contribution in [0.15, 0.2) is 54.7 Å². The van der Waals surface area contributed by atoms with Gasteiger partial charge in [-0.25, -0.2) is 0 Å². The molecule has 5 nitrogen and oxygen atoms in total. The van der Waals surface area contributed by atoms with Gasteiger partial charge in [-0.05, 0) is 68.4 Å². The number of hydrogen-bond donors (Lipinski definition) is 2. The van der Waals surface area contributed by atoms with E-state index < -0.39 is 11.7 Å². The molecule has 2 N–H and O–H groups in total. The Morgan fingerprint density at radius 2 is 1.85 bits per heavy atom. The monoisotopic (exact) mass is 474 g/mol. The quantitative estimate of drug-likeness (QED) is 0.500. The molecule has 1 aromatic carbocycles. The minimum atomic E-state index is -4.47. The van der Waals surface area contributed by atoms with Crippen LogP contribution < -0.4 is 5.32 Å². The zero-order valence-electron chi connectivity index (χ0n) is 18.3. The lowest BCUT2D eigenvalue weighted by atomic mass is 9.96. The highest BCUT2D eigenvalue weighted by molar-refractivity contribution is 7.80. The van der Waals surface area contributed by atoms with Crippen molar-refractivity contribution in [2.45, 2.75) is 38.5 Å². The molecule has 2 aromatic heterocycles. The van der Waals surface area contributed by atoms with Gasteiger partial charge >= 0.3 is 6.18 Å². The van der Waals surface area contributed by atoms with Crippen molar-refractivity contribution in [1.29, 1.82) is 0 Å². The third-order valence-electron chi connectivity index (χ3n) is 5.99. The Bertz CT molecular complexity index is 1150. The van der Waals surface area contributed by atoms with Crippen LogP contribution in [0, 0.1) is 13.8 Å². The van der Waals surface area contributed by atoms with Crippen LogP contribution in [-0.2, 0) is 6.18 Å². The standard InChI is InChI=1S/C24H25F3N4OS/c1-15-14-17(16(2)31(15)20-10-4-3-8-18(20)24(25,26)27)22-21(19-9-5-6-11-28-19)29-23(33)30(22)12-7-13-32/h3-6,8-11,14,21-22,32H,7,12-13H2,1-2H3,(H,29,33)/t21-,22-/m1/s1. The van der Waals surface area contributed by atoms with E-state index >= 15 is 0 Å². The number of halogens is 3. The summed E-state index contributed by atoms with van der Waals surface area (Å²) in [6, 6.07) is 12.6. The molecule has 0 bridgehead atoms. The molecule has 3 heterocycles. The predicted octanol–water partition coefficient (Wildman–Crippen LogP) is 4.86. The molecule has 1 aliphatic rings. The van der Waals surface area contributed by atoms with E-state index in [2.05, 4.69) is 10.3 Å². The molecule has 1 saturated heterocycles. The van der Waals surface area contributed by atoms with Crippen LogP contribution in [0.25, 0.3) is 5.69 Å². The summed E-state index contributed by atoms with van der Waals surface area (Å²) < 4.78 is 42.9. The Hall–Kier alpha value is -2.91. The number of rotatable bonds is 6. The van der Waals surface area contributed by atoms with Crippen molar-refractivity contribution in [2.24, 2.45) is 0 Å². The molecular weight excluding hydrogens is 449 g/mol. The Morgan fingerprint density at radius 1 is 1.12 bits per heavy atom. The number of aliphatic hydroxyl groups excluding tert-OH is 1. The molecule has 0 saturated carbocycles.